The molecule has 1 heterocycles. The molecule has 1 aromatic carbocycles. The van der Waals surface area contributed by atoms with Crippen molar-refractivity contribution in [3.63, 3.8) is 0 Å². The molecule has 2 rings (SSSR count). The van der Waals surface area contributed by atoms with Crippen LogP contribution in [0.15, 0.2) is 26.9 Å². The van der Waals surface area contributed by atoms with Gasteiger partial charge in [0, 0.05) is 10.1 Å². The van der Waals surface area contributed by atoms with Crippen molar-refractivity contribution in [2.24, 2.45) is 4.99 Å². The van der Waals surface area contributed by atoms with Crippen LogP contribution in [0.2, 0.25) is 5.02 Å². The summed E-state index contributed by atoms with van der Waals surface area (Å²) in [7, 11) is -3.50. The van der Waals surface area contributed by atoms with Gasteiger partial charge >= 0.3 is 0 Å². The number of nitrogens with one attached hydrogen (secondary N) is 1. The first-order chi connectivity index (χ1) is 8.97. The van der Waals surface area contributed by atoms with Gasteiger partial charge in [0.15, 0.2) is 0 Å². The lowest BCUT2D eigenvalue weighted by atomic mass is 10.3. The topological polar surface area (TPSA) is 58.5 Å². The molecule has 0 saturated carbocycles. The first kappa shape index (κ1) is 14.7. The Kier molecular flexibility index (Phi) is 4.43. The van der Waals surface area contributed by atoms with Crippen LogP contribution in [0.25, 0.3) is 0 Å². The van der Waals surface area contributed by atoms with E-state index in [1.54, 1.807) is 23.9 Å². The van der Waals surface area contributed by atoms with E-state index in [9.17, 15) is 8.42 Å². The third-order valence-electron chi connectivity index (χ3n) is 2.92. The van der Waals surface area contributed by atoms with Gasteiger partial charge in [0.2, 0.25) is 0 Å². The lowest BCUT2D eigenvalue weighted by Gasteiger charge is -2.17. The van der Waals surface area contributed by atoms with Gasteiger partial charge in [-0.3, -0.25) is 4.72 Å². The molecule has 0 atom stereocenters. The zero-order valence-corrected chi connectivity index (χ0v) is 13.1. The van der Waals surface area contributed by atoms with Gasteiger partial charge < -0.3 is 0 Å². The van der Waals surface area contributed by atoms with Gasteiger partial charge in [0.05, 0.1) is 10.7 Å². The predicted octanol–water partition coefficient (Wildman–Crippen LogP) is 3.57. The molecule has 1 N–H and O–H groups in total. The first-order valence-electron chi connectivity index (χ1n) is 6.03. The highest BCUT2D eigenvalue weighted by Gasteiger charge is 2.23. The van der Waals surface area contributed by atoms with Crippen molar-refractivity contribution in [2.75, 3.05) is 0 Å². The molecule has 0 amide bonds. The molecule has 0 bridgehead atoms. The van der Waals surface area contributed by atoms with Gasteiger partial charge in [-0.2, -0.15) is 0 Å². The summed E-state index contributed by atoms with van der Waals surface area (Å²) >= 11 is 7.82. The summed E-state index contributed by atoms with van der Waals surface area (Å²) in [5.41, 5.74) is 0.387. The molecule has 0 aliphatic carbocycles. The Morgan fingerprint density at radius 3 is 2.68 bits per heavy atom. The molecule has 0 saturated heterocycles. The molecule has 1 aliphatic heterocycles. The van der Waals surface area contributed by atoms with Crippen LogP contribution >= 0.6 is 23.4 Å². The molecule has 1 aromatic rings. The van der Waals surface area contributed by atoms with Crippen LogP contribution in [-0.4, -0.2) is 20.0 Å². The maximum atomic E-state index is 11.9. The van der Waals surface area contributed by atoms with Crippen LogP contribution in [0.4, 0.5) is 5.69 Å². The smallest absolute Gasteiger partial charge is 0.264 e. The summed E-state index contributed by atoms with van der Waals surface area (Å²) in [6, 6.07) is 3.22. The van der Waals surface area contributed by atoms with Crippen LogP contribution in [0.1, 0.15) is 26.7 Å². The van der Waals surface area contributed by atoms with Crippen LogP contribution in [0, 0.1) is 0 Å². The van der Waals surface area contributed by atoms with Crippen LogP contribution in [-0.2, 0) is 10.0 Å². The summed E-state index contributed by atoms with van der Waals surface area (Å²) in [5, 5.41) is 0.975. The van der Waals surface area contributed by atoms with Crippen molar-refractivity contribution in [1.82, 2.24) is 4.72 Å². The number of fused-ring (bicyclic) bond motifs is 1. The molecule has 19 heavy (non-hydrogen) atoms. The normalized spacial score (nSPS) is 16.2. The molecule has 0 aromatic heterocycles. The average molecular weight is 319 g/mol. The highest BCUT2D eigenvalue weighted by Crippen LogP contribution is 2.39. The van der Waals surface area contributed by atoms with Crippen LogP contribution < -0.4 is 4.72 Å². The van der Waals surface area contributed by atoms with Crippen molar-refractivity contribution in [2.45, 2.75) is 41.7 Å². The number of rotatable bonds is 4. The monoisotopic (exact) mass is 318 g/mol. The number of nitrogens with zero attached hydrogens (tertiary/aromatic N) is 1. The van der Waals surface area contributed by atoms with Crippen molar-refractivity contribution in [1.29, 1.82) is 0 Å². The Hall–Kier alpha value is -0.720. The molecule has 1 aliphatic rings. The lowest BCUT2D eigenvalue weighted by Crippen LogP contribution is -2.24. The quantitative estimate of drug-likeness (QED) is 0.863. The number of benzene rings is 1. The second-order valence-electron chi connectivity index (χ2n) is 4.19. The van der Waals surface area contributed by atoms with Gasteiger partial charge in [0.1, 0.15) is 11.2 Å². The molecular formula is C12H15ClN2O2S2. The van der Waals surface area contributed by atoms with Crippen LogP contribution in [0.3, 0.4) is 0 Å². The fourth-order valence-electron chi connectivity index (χ4n) is 1.79. The molecule has 4 nitrogen and oxygen atoms in total. The van der Waals surface area contributed by atoms with Crippen molar-refractivity contribution in [3.8, 4) is 0 Å². The predicted molar refractivity (Wildman–Crippen MR) is 80.2 cm³/mol. The van der Waals surface area contributed by atoms with E-state index in [0.29, 0.717) is 16.0 Å². The zero-order chi connectivity index (χ0) is 14.0. The first-order valence-corrected chi connectivity index (χ1v) is 8.77. The number of sulfonamides is 1. The maximum Gasteiger partial charge on any atom is 0.264 e. The van der Waals surface area contributed by atoms with Gasteiger partial charge in [0.25, 0.3) is 10.0 Å². The summed E-state index contributed by atoms with van der Waals surface area (Å²) in [6.45, 7) is 4.21. The van der Waals surface area contributed by atoms with Gasteiger partial charge in [-0.25, -0.2) is 13.4 Å². The third-order valence-corrected chi connectivity index (χ3v) is 6.26. The van der Waals surface area contributed by atoms with E-state index in [-0.39, 0.29) is 4.90 Å². The number of hydrogen-bond acceptors (Lipinski definition) is 4. The van der Waals surface area contributed by atoms with Gasteiger partial charge in [-0.05, 0) is 25.0 Å². The largest absolute Gasteiger partial charge is 0.270 e. The third kappa shape index (κ3) is 3.07. The minimum atomic E-state index is -3.50. The van der Waals surface area contributed by atoms with Crippen LogP contribution in [0.5, 0.6) is 0 Å². The fraction of sp³-hybridized carbons (Fsp3) is 0.417. The van der Waals surface area contributed by atoms with Crippen molar-refractivity contribution < 1.29 is 8.42 Å². The fourth-order valence-corrected chi connectivity index (χ4v) is 4.19. The zero-order valence-electron chi connectivity index (χ0n) is 10.7. The Balaban J connectivity index is 2.45. The summed E-state index contributed by atoms with van der Waals surface area (Å²) in [4.78, 5) is 4.98. The molecule has 0 unspecified atom stereocenters. The second kappa shape index (κ2) is 5.73. The van der Waals surface area contributed by atoms with E-state index < -0.39 is 10.0 Å². The van der Waals surface area contributed by atoms with E-state index in [0.717, 1.165) is 17.7 Å². The molecule has 104 valence electrons. The number of thioether (sulfide) groups is 1. The van der Waals surface area contributed by atoms with E-state index in [1.807, 2.05) is 0 Å². The minimum Gasteiger partial charge on any atom is -0.270 e. The van der Waals surface area contributed by atoms with Crippen molar-refractivity contribution >= 4 is 45.4 Å². The molecule has 0 fully saturated rings. The van der Waals surface area contributed by atoms with E-state index in [1.165, 1.54) is 6.34 Å². The Bertz CT molecular complexity index is 610. The maximum absolute atomic E-state index is 11.9. The summed E-state index contributed by atoms with van der Waals surface area (Å²) < 4.78 is 26.1. The van der Waals surface area contributed by atoms with E-state index >= 15 is 0 Å². The Labute approximate surface area is 122 Å². The average Bonchev–Trinajstić information content (AvgIpc) is 2.36. The van der Waals surface area contributed by atoms with E-state index in [2.05, 4.69) is 23.6 Å². The molecule has 0 radical (unpaired) electrons. The molecule has 0 spiro atoms. The standard InChI is InChI=1S/C12H15ClN2O2S2/c1-3-8(4-2)18-11-6-12-10(5-9(11)13)14-7-15-19(12,16)17/h5-8H,3-4H2,1-2H3,(H,14,15). The Morgan fingerprint density at radius 1 is 1.37 bits per heavy atom. The number of hydrogen-bond donors (Lipinski definition) is 1. The second-order valence-corrected chi connectivity index (χ2v) is 7.62. The van der Waals surface area contributed by atoms with Crippen molar-refractivity contribution in [3.05, 3.63) is 17.2 Å². The summed E-state index contributed by atoms with van der Waals surface area (Å²) in [6.07, 6.45) is 3.19. The number of aliphatic imine (C=N–C) groups is 1. The molecule has 7 heteroatoms. The highest BCUT2D eigenvalue weighted by molar-refractivity contribution is 8.00. The lowest BCUT2D eigenvalue weighted by molar-refractivity contribution is 0.592. The summed E-state index contributed by atoms with van der Waals surface area (Å²) in [5.74, 6) is 0. The minimum absolute atomic E-state index is 0.188. The highest BCUT2D eigenvalue weighted by atomic mass is 35.5. The Morgan fingerprint density at radius 2 is 2.05 bits per heavy atom. The van der Waals surface area contributed by atoms with E-state index in [4.69, 9.17) is 11.6 Å². The van der Waals surface area contributed by atoms with Gasteiger partial charge in [-0.1, -0.05) is 25.4 Å². The number of halogens is 1. The molecular weight excluding hydrogens is 304 g/mol. The van der Waals surface area contributed by atoms with Gasteiger partial charge in [-0.15, -0.1) is 11.8 Å². The SMILES string of the molecule is CCC(CC)Sc1cc2c(cc1Cl)N=CNS2(=O)=O.